The SMILES string of the molecule is CCOC(=O)c1cc(C(C)C)sc1NC(=O)Cn1ncc(=O)c2ccccc21. The van der Waals surface area contributed by atoms with Crippen LogP contribution in [0, 0.1) is 0 Å². The molecule has 2 aromatic heterocycles. The number of amides is 1. The molecule has 0 atom stereocenters. The van der Waals surface area contributed by atoms with E-state index in [1.807, 2.05) is 13.8 Å². The van der Waals surface area contributed by atoms with Crippen molar-refractivity contribution in [2.75, 3.05) is 11.9 Å². The summed E-state index contributed by atoms with van der Waals surface area (Å²) in [7, 11) is 0. The molecule has 1 aromatic carbocycles. The normalized spacial score (nSPS) is 11.0. The van der Waals surface area contributed by atoms with Crippen LogP contribution in [0.15, 0.2) is 41.3 Å². The van der Waals surface area contributed by atoms with Gasteiger partial charge in [-0.1, -0.05) is 26.0 Å². The van der Waals surface area contributed by atoms with Crippen LogP contribution < -0.4 is 10.7 Å². The minimum Gasteiger partial charge on any atom is -0.462 e. The van der Waals surface area contributed by atoms with Gasteiger partial charge in [-0.25, -0.2) is 4.79 Å². The minimum atomic E-state index is -0.465. The lowest BCUT2D eigenvalue weighted by Gasteiger charge is -2.10. The predicted molar refractivity (Wildman–Crippen MR) is 109 cm³/mol. The second-order valence-electron chi connectivity index (χ2n) is 6.50. The second kappa shape index (κ2) is 8.35. The number of nitrogens with one attached hydrogen (secondary N) is 1. The third-order valence-corrected chi connectivity index (χ3v) is 5.47. The van der Waals surface area contributed by atoms with E-state index in [9.17, 15) is 14.4 Å². The smallest absolute Gasteiger partial charge is 0.341 e. The molecule has 1 N–H and O–H groups in total. The number of ether oxygens (including phenoxy) is 1. The van der Waals surface area contributed by atoms with Gasteiger partial charge in [-0.3, -0.25) is 14.3 Å². The Morgan fingerprint density at radius 3 is 2.75 bits per heavy atom. The molecule has 28 heavy (non-hydrogen) atoms. The molecule has 0 aliphatic carbocycles. The summed E-state index contributed by atoms with van der Waals surface area (Å²) in [6, 6.07) is 8.74. The fourth-order valence-corrected chi connectivity index (χ4v) is 3.80. The van der Waals surface area contributed by atoms with E-state index >= 15 is 0 Å². The molecular weight excluding hydrogens is 378 g/mol. The van der Waals surface area contributed by atoms with Crippen LogP contribution in [0.25, 0.3) is 10.9 Å². The lowest BCUT2D eigenvalue weighted by atomic mass is 10.1. The summed E-state index contributed by atoms with van der Waals surface area (Å²) in [4.78, 5) is 37.8. The van der Waals surface area contributed by atoms with E-state index in [2.05, 4.69) is 10.4 Å². The van der Waals surface area contributed by atoms with Crippen molar-refractivity contribution in [2.45, 2.75) is 33.2 Å². The van der Waals surface area contributed by atoms with E-state index in [-0.39, 0.29) is 30.4 Å². The largest absolute Gasteiger partial charge is 0.462 e. The molecule has 7 nitrogen and oxygen atoms in total. The van der Waals surface area contributed by atoms with Crippen LogP contribution >= 0.6 is 11.3 Å². The van der Waals surface area contributed by atoms with Gasteiger partial charge in [0.2, 0.25) is 11.3 Å². The molecule has 0 aliphatic rings. The lowest BCUT2D eigenvalue weighted by Crippen LogP contribution is -2.23. The van der Waals surface area contributed by atoms with Crippen LogP contribution in [-0.2, 0) is 16.1 Å². The van der Waals surface area contributed by atoms with Crippen LogP contribution in [0.3, 0.4) is 0 Å². The van der Waals surface area contributed by atoms with Gasteiger partial charge in [0.1, 0.15) is 11.5 Å². The highest BCUT2D eigenvalue weighted by Gasteiger charge is 2.20. The summed E-state index contributed by atoms with van der Waals surface area (Å²) in [5, 5.41) is 7.81. The number of fused-ring (bicyclic) bond motifs is 1. The van der Waals surface area contributed by atoms with Crippen molar-refractivity contribution in [1.29, 1.82) is 0 Å². The van der Waals surface area contributed by atoms with Gasteiger partial charge in [0.05, 0.1) is 23.9 Å². The minimum absolute atomic E-state index is 0.0853. The van der Waals surface area contributed by atoms with Gasteiger partial charge in [-0.05, 0) is 31.0 Å². The Bertz CT molecular complexity index is 1080. The Morgan fingerprint density at radius 1 is 1.29 bits per heavy atom. The molecule has 3 aromatic rings. The molecule has 146 valence electrons. The number of hydrogen-bond acceptors (Lipinski definition) is 6. The molecule has 0 unspecified atom stereocenters. The first kappa shape index (κ1) is 19.8. The summed E-state index contributed by atoms with van der Waals surface area (Å²) in [6.45, 7) is 5.94. The average molecular weight is 399 g/mol. The van der Waals surface area contributed by atoms with Crippen LogP contribution in [0.2, 0.25) is 0 Å². The quantitative estimate of drug-likeness (QED) is 0.642. The topological polar surface area (TPSA) is 90.3 Å². The van der Waals surface area contributed by atoms with Crippen molar-refractivity contribution in [1.82, 2.24) is 9.78 Å². The van der Waals surface area contributed by atoms with Crippen LogP contribution in [-0.4, -0.2) is 28.3 Å². The summed E-state index contributed by atoms with van der Waals surface area (Å²) in [5.41, 5.74) is 0.725. The number of para-hydroxylation sites is 1. The highest BCUT2D eigenvalue weighted by Crippen LogP contribution is 2.33. The summed E-state index contributed by atoms with van der Waals surface area (Å²) in [5.74, 6) is -0.592. The lowest BCUT2D eigenvalue weighted by molar-refractivity contribution is -0.116. The molecule has 8 heteroatoms. The summed E-state index contributed by atoms with van der Waals surface area (Å²) >= 11 is 1.35. The number of nitrogens with zero attached hydrogens (tertiary/aromatic N) is 2. The van der Waals surface area contributed by atoms with E-state index < -0.39 is 5.97 Å². The molecule has 0 fully saturated rings. The molecule has 3 rings (SSSR count). The first-order valence-electron chi connectivity index (χ1n) is 8.96. The molecule has 0 bridgehead atoms. The number of benzene rings is 1. The number of aromatic nitrogens is 2. The number of carbonyl (C=O) groups excluding carboxylic acids is 2. The molecule has 0 saturated carbocycles. The van der Waals surface area contributed by atoms with Crippen molar-refractivity contribution < 1.29 is 14.3 Å². The maximum Gasteiger partial charge on any atom is 0.341 e. The summed E-state index contributed by atoms with van der Waals surface area (Å²) < 4.78 is 6.56. The van der Waals surface area contributed by atoms with Crippen LogP contribution in [0.5, 0.6) is 0 Å². The van der Waals surface area contributed by atoms with Gasteiger partial charge in [-0.2, -0.15) is 5.10 Å². The van der Waals surface area contributed by atoms with Gasteiger partial charge in [-0.15, -0.1) is 11.3 Å². The Morgan fingerprint density at radius 2 is 2.04 bits per heavy atom. The number of anilines is 1. The van der Waals surface area contributed by atoms with E-state index in [1.54, 1.807) is 37.3 Å². The van der Waals surface area contributed by atoms with Gasteiger partial charge in [0, 0.05) is 10.3 Å². The standard InChI is InChI=1S/C20H21N3O4S/c1-4-27-20(26)14-9-17(12(2)3)28-19(14)22-18(25)11-23-15-8-6-5-7-13(15)16(24)10-21-23/h5-10,12H,4,11H2,1-3H3,(H,22,25). The molecule has 0 radical (unpaired) electrons. The fraction of sp³-hybridized carbons (Fsp3) is 0.300. The highest BCUT2D eigenvalue weighted by atomic mass is 32.1. The van der Waals surface area contributed by atoms with Gasteiger partial charge in [0.25, 0.3) is 0 Å². The van der Waals surface area contributed by atoms with Gasteiger partial charge >= 0.3 is 5.97 Å². The fourth-order valence-electron chi connectivity index (χ4n) is 2.74. The first-order valence-corrected chi connectivity index (χ1v) is 9.78. The van der Waals surface area contributed by atoms with E-state index in [0.29, 0.717) is 21.5 Å². The van der Waals surface area contributed by atoms with E-state index in [1.165, 1.54) is 22.2 Å². The number of thiophene rings is 1. The zero-order valence-corrected chi connectivity index (χ0v) is 16.7. The summed E-state index contributed by atoms with van der Waals surface area (Å²) in [6.07, 6.45) is 1.20. The van der Waals surface area contributed by atoms with Crippen molar-refractivity contribution in [2.24, 2.45) is 0 Å². The molecule has 2 heterocycles. The molecule has 0 aliphatic heterocycles. The molecular formula is C20H21N3O4S. The average Bonchev–Trinajstić information content (AvgIpc) is 3.08. The van der Waals surface area contributed by atoms with Crippen molar-refractivity contribution >= 4 is 39.1 Å². The predicted octanol–water partition coefficient (Wildman–Crippen LogP) is 3.40. The third-order valence-electron chi connectivity index (χ3n) is 4.12. The maximum absolute atomic E-state index is 12.6. The van der Waals surface area contributed by atoms with E-state index in [0.717, 1.165) is 4.88 Å². The number of hydrogen-bond donors (Lipinski definition) is 1. The monoisotopic (exact) mass is 399 g/mol. The van der Waals surface area contributed by atoms with Crippen LogP contribution in [0.1, 0.15) is 41.9 Å². The Hall–Kier alpha value is -3.00. The number of rotatable bonds is 6. The highest BCUT2D eigenvalue weighted by molar-refractivity contribution is 7.16. The Kier molecular flexibility index (Phi) is 5.89. The third kappa shape index (κ3) is 4.12. The Labute approximate surface area is 165 Å². The molecule has 1 amide bonds. The maximum atomic E-state index is 12.6. The van der Waals surface area contributed by atoms with Crippen molar-refractivity contribution in [3.05, 3.63) is 57.2 Å². The van der Waals surface area contributed by atoms with Crippen molar-refractivity contribution in [3.8, 4) is 0 Å². The molecule has 0 spiro atoms. The second-order valence-corrected chi connectivity index (χ2v) is 7.58. The van der Waals surface area contributed by atoms with Crippen LogP contribution in [0.4, 0.5) is 5.00 Å². The van der Waals surface area contributed by atoms with Gasteiger partial charge < -0.3 is 10.1 Å². The zero-order valence-electron chi connectivity index (χ0n) is 15.9. The van der Waals surface area contributed by atoms with Gasteiger partial charge in [0.15, 0.2) is 0 Å². The number of esters is 1. The zero-order chi connectivity index (χ0) is 20.3. The van der Waals surface area contributed by atoms with E-state index in [4.69, 9.17) is 4.74 Å². The molecule has 0 saturated heterocycles. The Balaban J connectivity index is 1.87. The van der Waals surface area contributed by atoms with Crippen molar-refractivity contribution in [3.63, 3.8) is 0 Å². The first-order chi connectivity index (χ1) is 13.4. The number of carbonyl (C=O) groups is 2.